The second-order valence-corrected chi connectivity index (χ2v) is 6.66. The molecule has 29 heavy (non-hydrogen) atoms. The minimum atomic E-state index is 0.311. The van der Waals surface area contributed by atoms with Crippen LogP contribution >= 0.6 is 0 Å². The molecule has 1 aromatic heterocycles. The normalized spacial score (nSPS) is 14.0. The van der Waals surface area contributed by atoms with Gasteiger partial charge in [0.25, 0.3) is 0 Å². The molecular formula is C22H24N4O3. The van der Waals surface area contributed by atoms with Crippen LogP contribution in [0.5, 0.6) is 17.5 Å². The molecule has 2 aromatic carbocycles. The second kappa shape index (κ2) is 9.23. The van der Waals surface area contributed by atoms with Crippen LogP contribution in [0, 0.1) is 0 Å². The van der Waals surface area contributed by atoms with Gasteiger partial charge in [0.2, 0.25) is 5.95 Å². The highest BCUT2D eigenvalue weighted by atomic mass is 16.5. The Kier molecular flexibility index (Phi) is 6.04. The van der Waals surface area contributed by atoms with E-state index in [0.29, 0.717) is 44.0 Å². The Morgan fingerprint density at radius 2 is 1.52 bits per heavy atom. The molecule has 7 rings (SSSR count). The average molecular weight is 392 g/mol. The number of hydrogen-bond donors (Lipinski definition) is 1. The van der Waals surface area contributed by atoms with Crippen molar-refractivity contribution in [2.75, 3.05) is 25.1 Å². The molecule has 4 aliphatic rings. The lowest BCUT2D eigenvalue weighted by atomic mass is 10.1. The monoisotopic (exact) mass is 392 g/mol. The lowest BCUT2D eigenvalue weighted by molar-refractivity contribution is 0.266. The Morgan fingerprint density at radius 1 is 0.862 bits per heavy atom. The summed E-state index contributed by atoms with van der Waals surface area (Å²) in [6.07, 6.45) is 2.45. The molecule has 7 heteroatoms. The molecule has 4 aliphatic heterocycles. The summed E-state index contributed by atoms with van der Waals surface area (Å²) >= 11 is 0. The first-order chi connectivity index (χ1) is 14.3. The molecule has 150 valence electrons. The number of benzene rings is 2. The minimum Gasteiger partial charge on any atom is -0.494 e. The fourth-order valence-corrected chi connectivity index (χ4v) is 2.96. The van der Waals surface area contributed by atoms with Crippen molar-refractivity contribution < 1.29 is 14.2 Å². The van der Waals surface area contributed by atoms with Gasteiger partial charge in [-0.3, -0.25) is 0 Å². The van der Waals surface area contributed by atoms with E-state index in [9.17, 15) is 0 Å². The van der Waals surface area contributed by atoms with E-state index in [1.165, 1.54) is 0 Å². The second-order valence-electron chi connectivity index (χ2n) is 6.66. The SMILES string of the molecule is CCOc1nc2nc(n1)Nc1ccc(cc1)OCCCCOc1ccc(cc1)C2. The maximum Gasteiger partial charge on any atom is 0.321 e. The first-order valence-corrected chi connectivity index (χ1v) is 9.88. The molecule has 0 radical (unpaired) electrons. The third-order valence-corrected chi connectivity index (χ3v) is 4.41. The Hall–Kier alpha value is -3.35. The lowest BCUT2D eigenvalue weighted by Gasteiger charge is -2.10. The summed E-state index contributed by atoms with van der Waals surface area (Å²) < 4.78 is 17.1. The van der Waals surface area contributed by atoms with Gasteiger partial charge in [-0.15, -0.1) is 0 Å². The van der Waals surface area contributed by atoms with Crippen LogP contribution in [-0.4, -0.2) is 34.8 Å². The van der Waals surface area contributed by atoms with Gasteiger partial charge >= 0.3 is 6.01 Å². The van der Waals surface area contributed by atoms with Gasteiger partial charge in [-0.2, -0.15) is 15.0 Å². The molecule has 0 spiro atoms. The highest BCUT2D eigenvalue weighted by molar-refractivity contribution is 5.54. The number of nitrogens with zero attached hydrogens (tertiary/aromatic N) is 3. The van der Waals surface area contributed by atoms with E-state index in [-0.39, 0.29) is 0 Å². The van der Waals surface area contributed by atoms with E-state index < -0.39 is 0 Å². The van der Waals surface area contributed by atoms with Crippen molar-refractivity contribution in [1.29, 1.82) is 0 Å². The first kappa shape index (κ1) is 19.0. The van der Waals surface area contributed by atoms with Gasteiger partial charge in [0, 0.05) is 12.1 Å². The van der Waals surface area contributed by atoms with Gasteiger partial charge in [-0.25, -0.2) is 0 Å². The quantitative estimate of drug-likeness (QED) is 0.702. The lowest BCUT2D eigenvalue weighted by Crippen LogP contribution is -2.07. The summed E-state index contributed by atoms with van der Waals surface area (Å²) in [4.78, 5) is 13.4. The largest absolute Gasteiger partial charge is 0.494 e. The number of hydrogen-bond acceptors (Lipinski definition) is 7. The molecule has 0 saturated heterocycles. The molecule has 7 nitrogen and oxygen atoms in total. The van der Waals surface area contributed by atoms with Crippen molar-refractivity contribution in [3.05, 3.63) is 59.9 Å². The molecule has 0 fully saturated rings. The maximum atomic E-state index is 5.82. The Balaban J connectivity index is 1.64. The molecule has 6 bridgehead atoms. The molecule has 0 aliphatic carbocycles. The average Bonchev–Trinajstić information content (AvgIpc) is 2.73. The third kappa shape index (κ3) is 5.34. The van der Waals surface area contributed by atoms with Crippen LogP contribution in [-0.2, 0) is 6.42 Å². The van der Waals surface area contributed by atoms with E-state index in [1.54, 1.807) is 0 Å². The summed E-state index contributed by atoms with van der Waals surface area (Å²) in [5, 5.41) is 3.22. The Labute approximate surface area is 170 Å². The number of rotatable bonds is 2. The molecular weight excluding hydrogens is 368 g/mol. The van der Waals surface area contributed by atoms with Crippen LogP contribution in [0.2, 0.25) is 0 Å². The van der Waals surface area contributed by atoms with Crippen molar-refractivity contribution in [3.8, 4) is 17.5 Å². The predicted octanol–water partition coefficient (Wildman–Crippen LogP) is 4.16. The van der Waals surface area contributed by atoms with Crippen molar-refractivity contribution in [3.63, 3.8) is 0 Å². The summed E-state index contributed by atoms with van der Waals surface area (Å²) in [6, 6.07) is 16.1. The fraction of sp³-hybridized carbons (Fsp3) is 0.318. The van der Waals surface area contributed by atoms with Crippen molar-refractivity contribution in [2.24, 2.45) is 0 Å². The van der Waals surface area contributed by atoms with Crippen molar-refractivity contribution >= 4 is 11.6 Å². The molecule has 0 saturated carbocycles. The van der Waals surface area contributed by atoms with Crippen LogP contribution in [0.25, 0.3) is 0 Å². The topological polar surface area (TPSA) is 78.4 Å². The number of aromatic nitrogens is 3. The van der Waals surface area contributed by atoms with E-state index in [4.69, 9.17) is 14.2 Å². The highest BCUT2D eigenvalue weighted by Crippen LogP contribution is 2.21. The predicted molar refractivity (Wildman–Crippen MR) is 110 cm³/mol. The van der Waals surface area contributed by atoms with Crippen molar-refractivity contribution in [2.45, 2.75) is 26.2 Å². The van der Waals surface area contributed by atoms with Crippen LogP contribution in [0.4, 0.5) is 11.6 Å². The van der Waals surface area contributed by atoms with Crippen LogP contribution in [0.15, 0.2) is 48.5 Å². The van der Waals surface area contributed by atoms with E-state index in [0.717, 1.165) is 35.6 Å². The third-order valence-electron chi connectivity index (χ3n) is 4.41. The summed E-state index contributed by atoms with van der Waals surface area (Å²) in [5.41, 5.74) is 1.96. The molecule has 1 N–H and O–H groups in total. The zero-order valence-corrected chi connectivity index (χ0v) is 16.4. The summed E-state index contributed by atoms with van der Waals surface area (Å²) in [6.45, 7) is 3.71. The Bertz CT molecular complexity index is 858. The number of anilines is 2. The number of nitrogens with one attached hydrogen (secondary N) is 1. The van der Waals surface area contributed by atoms with Crippen LogP contribution in [0.1, 0.15) is 31.2 Å². The zero-order chi connectivity index (χ0) is 19.9. The summed E-state index contributed by atoms with van der Waals surface area (Å²) in [7, 11) is 0. The molecule has 3 aromatic rings. The zero-order valence-electron chi connectivity index (χ0n) is 16.4. The molecule has 0 amide bonds. The van der Waals surface area contributed by atoms with E-state index in [1.807, 2.05) is 55.5 Å². The fourth-order valence-electron chi connectivity index (χ4n) is 2.96. The standard InChI is InChI=1S/C22H24N4O3/c1-2-27-22-25-20-15-16-5-9-18(10-6-16)28-13-3-4-14-29-19-11-7-17(8-12-19)23-21(24-20)26-22/h5-12H,2-4,13-15H2,1H3,(H,23,24,25,26). The highest BCUT2D eigenvalue weighted by Gasteiger charge is 2.10. The smallest absolute Gasteiger partial charge is 0.321 e. The Morgan fingerprint density at radius 3 is 2.17 bits per heavy atom. The van der Waals surface area contributed by atoms with Crippen LogP contribution in [0.3, 0.4) is 0 Å². The van der Waals surface area contributed by atoms with Gasteiger partial charge < -0.3 is 19.5 Å². The molecule has 0 unspecified atom stereocenters. The van der Waals surface area contributed by atoms with E-state index in [2.05, 4.69) is 20.3 Å². The van der Waals surface area contributed by atoms with Gasteiger partial charge in [-0.1, -0.05) is 12.1 Å². The van der Waals surface area contributed by atoms with Gasteiger partial charge in [-0.05, 0) is 61.7 Å². The van der Waals surface area contributed by atoms with Gasteiger partial charge in [0.1, 0.15) is 17.3 Å². The molecule has 0 atom stereocenters. The van der Waals surface area contributed by atoms with Gasteiger partial charge in [0.05, 0.1) is 19.8 Å². The van der Waals surface area contributed by atoms with E-state index >= 15 is 0 Å². The first-order valence-electron chi connectivity index (χ1n) is 9.88. The van der Waals surface area contributed by atoms with Crippen molar-refractivity contribution in [1.82, 2.24) is 15.0 Å². The number of ether oxygens (including phenoxy) is 3. The minimum absolute atomic E-state index is 0.311. The van der Waals surface area contributed by atoms with Gasteiger partial charge in [0.15, 0.2) is 0 Å². The summed E-state index contributed by atoms with van der Waals surface area (Å²) in [5.74, 6) is 2.77. The molecule has 5 heterocycles. The maximum absolute atomic E-state index is 5.82. The van der Waals surface area contributed by atoms with Crippen LogP contribution < -0.4 is 19.5 Å².